The fraction of sp³-hybridized carbons (Fsp3) is 0.375. The van der Waals surface area contributed by atoms with E-state index in [1.165, 1.54) is 12.1 Å². The number of hydrogen-bond acceptors (Lipinski definition) is 3. The lowest BCUT2D eigenvalue weighted by Crippen LogP contribution is -2.22. The first kappa shape index (κ1) is 16.4. The van der Waals surface area contributed by atoms with Crippen molar-refractivity contribution in [1.82, 2.24) is 9.78 Å². The van der Waals surface area contributed by atoms with Gasteiger partial charge >= 0.3 is 0 Å². The van der Waals surface area contributed by atoms with Gasteiger partial charge in [-0.1, -0.05) is 19.6 Å². The normalized spacial score (nSPS) is 11.4. The number of hydrogen-bond donors (Lipinski definition) is 0. The van der Waals surface area contributed by atoms with Crippen molar-refractivity contribution in [2.45, 2.75) is 32.4 Å². The summed E-state index contributed by atoms with van der Waals surface area (Å²) in [6.45, 7) is 8.02. The molecule has 0 unspecified atom stereocenters. The fourth-order valence-corrected chi connectivity index (χ4v) is 2.70. The number of nitriles is 1. The van der Waals surface area contributed by atoms with Gasteiger partial charge in [-0.05, 0) is 29.8 Å². The molecule has 2 aromatic rings. The van der Waals surface area contributed by atoms with Crippen LogP contribution in [0.1, 0.15) is 5.56 Å². The molecule has 0 saturated heterocycles. The quantitative estimate of drug-likeness (QED) is 0.600. The summed E-state index contributed by atoms with van der Waals surface area (Å²) in [5, 5.41) is 13.1. The molecule has 1 aromatic heterocycles. The lowest BCUT2D eigenvalue weighted by molar-refractivity contribution is 0.0786. The molecule has 0 N–H and O–H groups in total. The van der Waals surface area contributed by atoms with Crippen molar-refractivity contribution in [3.63, 3.8) is 0 Å². The first-order valence-corrected chi connectivity index (χ1v) is 10.9. The van der Waals surface area contributed by atoms with Gasteiger partial charge in [0.1, 0.15) is 12.5 Å². The molecule has 22 heavy (non-hydrogen) atoms. The van der Waals surface area contributed by atoms with E-state index in [-0.39, 0.29) is 0 Å². The average molecular weight is 317 g/mol. The third kappa shape index (κ3) is 4.79. The van der Waals surface area contributed by atoms with Crippen LogP contribution in [0, 0.1) is 17.1 Å². The number of nitrogens with zero attached hydrogens (tertiary/aromatic N) is 3. The molecule has 6 heteroatoms. The van der Waals surface area contributed by atoms with Crippen molar-refractivity contribution in [3.05, 3.63) is 42.0 Å². The Morgan fingerprint density at radius 2 is 2.05 bits per heavy atom. The second kappa shape index (κ2) is 6.86. The van der Waals surface area contributed by atoms with Gasteiger partial charge in [-0.3, -0.25) is 0 Å². The highest BCUT2D eigenvalue weighted by Gasteiger charge is 2.12. The van der Waals surface area contributed by atoms with Crippen molar-refractivity contribution in [2.24, 2.45) is 0 Å². The van der Waals surface area contributed by atoms with E-state index in [9.17, 15) is 4.39 Å². The molecule has 0 spiro atoms. The third-order valence-corrected chi connectivity index (χ3v) is 4.92. The lowest BCUT2D eigenvalue weighted by Gasteiger charge is -2.15. The second-order valence-corrected chi connectivity index (χ2v) is 12.1. The molecule has 4 nitrogen and oxygen atoms in total. The second-order valence-electron chi connectivity index (χ2n) is 6.46. The van der Waals surface area contributed by atoms with Crippen LogP contribution in [0.5, 0.6) is 0 Å². The van der Waals surface area contributed by atoms with E-state index in [0.717, 1.165) is 18.2 Å². The van der Waals surface area contributed by atoms with Gasteiger partial charge in [-0.25, -0.2) is 9.07 Å². The topological polar surface area (TPSA) is 50.8 Å². The number of ether oxygens (including phenoxy) is 1. The number of benzene rings is 1. The summed E-state index contributed by atoms with van der Waals surface area (Å²) >= 11 is 0. The van der Waals surface area contributed by atoms with E-state index in [1.807, 2.05) is 6.07 Å². The standard InChI is InChI=1S/C16H20FN3OSi/c1-22(2,3)5-4-21-12-20-11-15(10-19-20)14-6-13(9-18)7-16(17)8-14/h6-8,10-11H,4-5,12H2,1-3H3. The van der Waals surface area contributed by atoms with Gasteiger partial charge in [0.25, 0.3) is 0 Å². The van der Waals surface area contributed by atoms with Gasteiger partial charge in [-0.2, -0.15) is 10.4 Å². The minimum absolute atomic E-state index is 0.300. The highest BCUT2D eigenvalue weighted by Crippen LogP contribution is 2.21. The lowest BCUT2D eigenvalue weighted by atomic mass is 10.1. The summed E-state index contributed by atoms with van der Waals surface area (Å²) < 4.78 is 20.8. The first-order valence-electron chi connectivity index (χ1n) is 7.19. The largest absolute Gasteiger partial charge is 0.360 e. The molecule has 1 aromatic carbocycles. The van der Waals surface area contributed by atoms with Gasteiger partial charge in [0, 0.05) is 26.4 Å². The smallest absolute Gasteiger partial charge is 0.139 e. The van der Waals surface area contributed by atoms with Crippen molar-refractivity contribution in [1.29, 1.82) is 5.26 Å². The molecule has 0 aliphatic heterocycles. The highest BCUT2D eigenvalue weighted by molar-refractivity contribution is 6.76. The molecule has 0 bridgehead atoms. The average Bonchev–Trinajstić information content (AvgIpc) is 2.91. The Balaban J connectivity index is 2.00. The maximum atomic E-state index is 13.5. The predicted octanol–water partition coefficient (Wildman–Crippen LogP) is 3.87. The summed E-state index contributed by atoms with van der Waals surface area (Å²) in [7, 11) is -1.09. The summed E-state index contributed by atoms with van der Waals surface area (Å²) in [6.07, 6.45) is 3.45. The molecule has 0 atom stereocenters. The maximum Gasteiger partial charge on any atom is 0.139 e. The molecule has 2 rings (SSSR count). The van der Waals surface area contributed by atoms with Crippen LogP contribution in [0.25, 0.3) is 11.1 Å². The molecule has 0 aliphatic rings. The minimum Gasteiger partial charge on any atom is -0.360 e. The zero-order chi connectivity index (χ0) is 16.2. The van der Waals surface area contributed by atoms with Gasteiger partial charge in [0.15, 0.2) is 0 Å². The van der Waals surface area contributed by atoms with E-state index in [4.69, 9.17) is 10.00 Å². The molecule has 1 heterocycles. The molecular weight excluding hydrogens is 297 g/mol. The van der Waals surface area contributed by atoms with Crippen LogP contribution in [0.15, 0.2) is 30.6 Å². The summed E-state index contributed by atoms with van der Waals surface area (Å²) in [5.74, 6) is -0.423. The van der Waals surface area contributed by atoms with Gasteiger partial charge in [0.05, 0.1) is 17.8 Å². The number of halogens is 1. The van der Waals surface area contributed by atoms with Crippen LogP contribution < -0.4 is 0 Å². The predicted molar refractivity (Wildman–Crippen MR) is 86.4 cm³/mol. The number of aromatic nitrogens is 2. The Morgan fingerprint density at radius 3 is 2.73 bits per heavy atom. The van der Waals surface area contributed by atoms with E-state index < -0.39 is 13.9 Å². The Bertz CT molecular complexity index is 685. The van der Waals surface area contributed by atoms with E-state index in [0.29, 0.717) is 17.9 Å². The zero-order valence-corrected chi connectivity index (χ0v) is 14.1. The van der Waals surface area contributed by atoms with E-state index >= 15 is 0 Å². The molecular formula is C16H20FN3OSi. The van der Waals surface area contributed by atoms with Crippen LogP contribution in [-0.2, 0) is 11.5 Å². The summed E-state index contributed by atoms with van der Waals surface area (Å²) in [4.78, 5) is 0. The molecule has 0 fully saturated rings. The number of rotatable bonds is 6. The van der Waals surface area contributed by atoms with Crippen LogP contribution in [0.2, 0.25) is 25.7 Å². The zero-order valence-electron chi connectivity index (χ0n) is 13.1. The third-order valence-electron chi connectivity index (χ3n) is 3.21. The Hall–Kier alpha value is -1.97. The molecule has 0 amide bonds. The van der Waals surface area contributed by atoms with E-state index in [2.05, 4.69) is 24.7 Å². The van der Waals surface area contributed by atoms with Gasteiger partial charge < -0.3 is 4.74 Å². The van der Waals surface area contributed by atoms with Gasteiger partial charge in [0.2, 0.25) is 0 Å². The van der Waals surface area contributed by atoms with Gasteiger partial charge in [-0.15, -0.1) is 0 Å². The molecule has 0 radical (unpaired) electrons. The van der Waals surface area contributed by atoms with Crippen LogP contribution >= 0.6 is 0 Å². The van der Waals surface area contributed by atoms with Crippen LogP contribution in [0.4, 0.5) is 4.39 Å². The molecule has 0 saturated carbocycles. The monoisotopic (exact) mass is 317 g/mol. The SMILES string of the molecule is C[Si](C)(C)CCOCn1cc(-c2cc(F)cc(C#N)c2)cn1. The summed E-state index contributed by atoms with van der Waals surface area (Å²) in [6, 6.07) is 7.32. The first-order chi connectivity index (χ1) is 10.4. The van der Waals surface area contributed by atoms with Crippen molar-refractivity contribution in [2.75, 3.05) is 6.61 Å². The highest BCUT2D eigenvalue weighted by atomic mass is 28.3. The van der Waals surface area contributed by atoms with Crippen LogP contribution in [-0.4, -0.2) is 24.5 Å². The van der Waals surface area contributed by atoms with Crippen molar-refractivity contribution >= 4 is 8.07 Å². The summed E-state index contributed by atoms with van der Waals surface area (Å²) in [5.41, 5.74) is 1.71. The minimum atomic E-state index is -1.09. The molecule has 0 aliphatic carbocycles. The van der Waals surface area contributed by atoms with Crippen molar-refractivity contribution < 1.29 is 9.13 Å². The Morgan fingerprint density at radius 1 is 1.27 bits per heavy atom. The Labute approximate surface area is 131 Å². The van der Waals surface area contributed by atoms with Crippen molar-refractivity contribution in [3.8, 4) is 17.2 Å². The Kier molecular flexibility index (Phi) is 5.11. The fourth-order valence-electron chi connectivity index (χ4n) is 1.94. The van der Waals surface area contributed by atoms with Crippen LogP contribution in [0.3, 0.4) is 0 Å². The maximum absolute atomic E-state index is 13.5. The molecule has 116 valence electrons. The van der Waals surface area contributed by atoms with E-state index in [1.54, 1.807) is 23.1 Å².